The second-order valence-corrected chi connectivity index (χ2v) is 20.2. The zero-order valence-electron chi connectivity index (χ0n) is 47.1. The number of hydrogen-bond acceptors (Lipinski definition) is 18. The second-order valence-electron chi connectivity index (χ2n) is 19.3. The summed E-state index contributed by atoms with van der Waals surface area (Å²) in [7, 11) is 0. The van der Waals surface area contributed by atoms with E-state index in [0.717, 1.165) is 0 Å². The van der Waals surface area contributed by atoms with Crippen LogP contribution in [-0.2, 0) is 43.2 Å². The monoisotopic (exact) mass is 1170 g/mol. The van der Waals surface area contributed by atoms with E-state index in [4.69, 9.17) is 57.3 Å². The summed E-state index contributed by atoms with van der Waals surface area (Å²) in [5.41, 5.74) is 55.8. The summed E-state index contributed by atoms with van der Waals surface area (Å²) in [5, 5.41) is 41.2. The molecular weight excluding hydrogens is 1080 g/mol. The molecule has 0 heterocycles. The topological polar surface area (TPSA) is 588 Å². The van der Waals surface area contributed by atoms with Crippen molar-refractivity contribution in [2.45, 2.75) is 177 Å². The van der Waals surface area contributed by atoms with Crippen molar-refractivity contribution >= 4 is 82.9 Å². The maximum absolute atomic E-state index is 14.1. The number of carboxylic acid groups (broad SMARTS) is 1. The number of aliphatic carboxylic acids is 1. The number of unbranched alkanes of at least 4 members (excludes halogenated alkanes) is 3. The normalized spacial score (nSPS) is 14.7. The fourth-order valence-corrected chi connectivity index (χ4v) is 8.15. The smallest absolute Gasteiger partial charge is 0.326 e. The summed E-state index contributed by atoms with van der Waals surface area (Å²) in [4.78, 5) is 134. The minimum absolute atomic E-state index is 0.0143. The fraction of sp³-hybridized carbons (Fsp3) is 0.750. The molecule has 0 aromatic carbocycles. The highest BCUT2D eigenvalue weighted by molar-refractivity contribution is 7.98. The molecule has 10 atom stereocenters. The maximum Gasteiger partial charge on any atom is 0.326 e. The number of carbonyl (C=O) groups is 9. The van der Waals surface area contributed by atoms with Crippen LogP contribution in [0.25, 0.3) is 0 Å². The molecule has 0 aliphatic heterocycles. The molecule has 0 saturated heterocycles. The summed E-state index contributed by atoms with van der Waals surface area (Å²) < 4.78 is 0. The van der Waals surface area contributed by atoms with Gasteiger partial charge < -0.3 is 110 Å². The first kappa shape index (κ1) is 74.2. The van der Waals surface area contributed by atoms with Crippen molar-refractivity contribution in [3.05, 3.63) is 0 Å². The van der Waals surface area contributed by atoms with Gasteiger partial charge in [-0.2, -0.15) is 11.8 Å². The quantitative estimate of drug-likeness (QED) is 0.0153. The molecule has 0 aliphatic carbocycles. The van der Waals surface area contributed by atoms with E-state index in [0.29, 0.717) is 63.8 Å². The molecule has 8 amide bonds. The molecular formula is C48H95N21O11S. The van der Waals surface area contributed by atoms with Crippen LogP contribution >= 0.6 is 11.8 Å². The van der Waals surface area contributed by atoms with Gasteiger partial charge in [0.05, 0.1) is 12.1 Å². The van der Waals surface area contributed by atoms with E-state index < -0.39 is 114 Å². The highest BCUT2D eigenvalue weighted by atomic mass is 32.2. The van der Waals surface area contributed by atoms with Crippen LogP contribution in [0, 0.1) is 0 Å². The van der Waals surface area contributed by atoms with Gasteiger partial charge in [-0.1, -0.05) is 0 Å². The minimum atomic E-state index is -1.76. The molecule has 0 unspecified atom stereocenters. The molecule has 81 heavy (non-hydrogen) atoms. The van der Waals surface area contributed by atoms with E-state index in [1.54, 1.807) is 0 Å². The highest BCUT2D eigenvalue weighted by Gasteiger charge is 2.35. The number of carbonyl (C=O) groups excluding carboxylic acids is 8. The molecule has 32 nitrogen and oxygen atoms in total. The zero-order valence-corrected chi connectivity index (χ0v) is 47.9. The van der Waals surface area contributed by atoms with Gasteiger partial charge in [0.15, 0.2) is 17.9 Å². The lowest BCUT2D eigenvalue weighted by Crippen LogP contribution is -2.61. The van der Waals surface area contributed by atoms with Crippen LogP contribution in [0.3, 0.4) is 0 Å². The van der Waals surface area contributed by atoms with Gasteiger partial charge in [-0.3, -0.25) is 53.3 Å². The first-order chi connectivity index (χ1) is 38.3. The number of aliphatic imine (C=N–C) groups is 3. The highest BCUT2D eigenvalue weighted by Crippen LogP contribution is 2.11. The fourth-order valence-electron chi connectivity index (χ4n) is 7.66. The number of nitrogens with zero attached hydrogens (tertiary/aromatic N) is 3. The maximum atomic E-state index is 14.1. The van der Waals surface area contributed by atoms with Crippen LogP contribution in [0.15, 0.2) is 15.0 Å². The largest absolute Gasteiger partial charge is 0.480 e. The van der Waals surface area contributed by atoms with Gasteiger partial charge >= 0.3 is 5.97 Å². The number of thioether (sulfide) groups is 1. The number of amides is 8. The molecule has 0 saturated carbocycles. The van der Waals surface area contributed by atoms with Crippen molar-refractivity contribution in [3.8, 4) is 0 Å². The number of carboxylic acids is 1. The molecule has 0 aliphatic rings. The van der Waals surface area contributed by atoms with Crippen molar-refractivity contribution in [1.29, 1.82) is 0 Å². The summed E-state index contributed by atoms with van der Waals surface area (Å²) in [6.45, 7) is 3.42. The average molecular weight is 1170 g/mol. The number of rotatable bonds is 45. The molecule has 464 valence electrons. The van der Waals surface area contributed by atoms with Crippen LogP contribution in [0.5, 0.6) is 0 Å². The Morgan fingerprint density at radius 2 is 0.728 bits per heavy atom. The van der Waals surface area contributed by atoms with Gasteiger partial charge in [-0.05, 0) is 148 Å². The number of aliphatic hydroxyl groups is 1. The summed E-state index contributed by atoms with van der Waals surface area (Å²) in [5.74, 6) is -8.14. The number of aliphatic hydroxyl groups excluding tert-OH is 1. The van der Waals surface area contributed by atoms with Crippen molar-refractivity contribution in [1.82, 2.24) is 42.5 Å². The van der Waals surface area contributed by atoms with Gasteiger partial charge in [-0.25, -0.2) is 4.79 Å². The van der Waals surface area contributed by atoms with Gasteiger partial charge in [0.2, 0.25) is 47.3 Å². The van der Waals surface area contributed by atoms with Gasteiger partial charge in [-0.15, -0.1) is 0 Å². The molecule has 0 spiro atoms. The van der Waals surface area contributed by atoms with E-state index in [9.17, 15) is 53.4 Å². The summed E-state index contributed by atoms with van der Waals surface area (Å²) in [6, 6.07) is -11.9. The van der Waals surface area contributed by atoms with Crippen molar-refractivity contribution in [3.63, 3.8) is 0 Å². The predicted octanol–water partition coefficient (Wildman–Crippen LogP) is -7.02. The summed E-state index contributed by atoms with van der Waals surface area (Å²) >= 11 is 1.51. The molecule has 0 aromatic rings. The third-order valence-corrected chi connectivity index (χ3v) is 12.9. The average Bonchev–Trinajstić information content (AvgIpc) is 3.41. The molecule has 0 fully saturated rings. The minimum Gasteiger partial charge on any atom is -0.480 e. The van der Waals surface area contributed by atoms with Crippen molar-refractivity contribution in [2.24, 2.45) is 72.3 Å². The van der Waals surface area contributed by atoms with Crippen LogP contribution in [-0.4, -0.2) is 193 Å². The molecule has 0 rings (SSSR count). The second kappa shape index (κ2) is 43.0. The van der Waals surface area contributed by atoms with Crippen LogP contribution < -0.4 is 99.9 Å². The Balaban J connectivity index is 6.64. The van der Waals surface area contributed by atoms with Crippen molar-refractivity contribution in [2.75, 3.05) is 51.3 Å². The third kappa shape index (κ3) is 33.5. The van der Waals surface area contributed by atoms with Crippen LogP contribution in [0.4, 0.5) is 0 Å². The molecule has 30 N–H and O–H groups in total. The SMILES string of the molecule is CSCC[C@H](N)C(=O)N[C@@H](CCCCN)C(=O)N[C@@H](CCCCN)C(=O)N[C@@H](CCCCN)C(=O)N[C@@H](C)C(=O)N[C@H](C(=O)N[C@@H](CCCN=C(N)N)C(=O)N[C@@H](CCCN=C(N)N)C(=O)N[C@@H](CCCN=C(N)N)C(=O)O)[C@@H](C)O. The van der Waals surface area contributed by atoms with E-state index in [1.807, 2.05) is 6.26 Å². The van der Waals surface area contributed by atoms with Gasteiger partial charge in [0.1, 0.15) is 48.3 Å². The Hall–Kier alpha value is -6.81. The predicted molar refractivity (Wildman–Crippen MR) is 310 cm³/mol. The van der Waals surface area contributed by atoms with Gasteiger partial charge in [0.25, 0.3) is 0 Å². The lowest BCUT2D eigenvalue weighted by molar-refractivity contribution is -0.142. The van der Waals surface area contributed by atoms with E-state index in [-0.39, 0.29) is 102 Å². The van der Waals surface area contributed by atoms with Crippen LogP contribution in [0.1, 0.15) is 117 Å². The Bertz CT molecular complexity index is 2040. The number of nitrogens with one attached hydrogen (secondary N) is 8. The first-order valence-electron chi connectivity index (χ1n) is 27.2. The Morgan fingerprint density at radius 1 is 0.420 bits per heavy atom. The lowest BCUT2D eigenvalue weighted by atomic mass is 10.0. The van der Waals surface area contributed by atoms with E-state index >= 15 is 0 Å². The molecule has 0 aromatic heterocycles. The van der Waals surface area contributed by atoms with E-state index in [2.05, 4.69) is 57.5 Å². The number of nitrogens with two attached hydrogens (primary N) is 10. The molecule has 33 heteroatoms. The Labute approximate surface area is 478 Å². The Morgan fingerprint density at radius 3 is 1.05 bits per heavy atom. The number of guanidine groups is 3. The number of hydrogen-bond donors (Lipinski definition) is 20. The standard InChI is InChI=1S/C48H95N21O11S/c1-27(62-39(73)30(13-4-7-20-49)64-41(75)32(15-6-9-22-51)65-40(74)31(14-5-8-21-50)63-38(72)29(52)19-26-81-3)37(71)69-36(28(2)70)44(78)67-34(17-11-24-60-47(55)56)42(76)66-33(16-10-23-59-46(53)54)43(77)68-35(45(79)80)18-12-25-61-48(57)58/h27-36,70H,4-26,49-52H2,1-3H3,(H,62,73)(H,63,72)(H,64,75)(H,65,74)(H,66,76)(H,67,78)(H,68,77)(H,69,71)(H,79,80)(H4,53,54,59)(H4,55,56,60)(H4,57,58,61)/t27-,28+,29-,30-,31-,32-,33-,34-,35-,36-/m0/s1. The van der Waals surface area contributed by atoms with Crippen LogP contribution in [0.2, 0.25) is 0 Å². The first-order valence-corrected chi connectivity index (χ1v) is 28.6. The molecule has 0 radical (unpaired) electrons. The summed E-state index contributed by atoms with van der Waals surface area (Å²) in [6.07, 6.45) is 3.71. The third-order valence-electron chi connectivity index (χ3n) is 12.2. The van der Waals surface area contributed by atoms with Gasteiger partial charge in [0, 0.05) is 19.6 Å². The Kier molecular flexibility index (Phi) is 39.4. The zero-order chi connectivity index (χ0) is 61.5. The lowest BCUT2D eigenvalue weighted by Gasteiger charge is -2.28. The molecule has 0 bridgehead atoms. The van der Waals surface area contributed by atoms with Crippen molar-refractivity contribution < 1.29 is 53.4 Å². The van der Waals surface area contributed by atoms with E-state index in [1.165, 1.54) is 25.6 Å².